The number of hydrogen-bond acceptors (Lipinski definition) is 4. The fourth-order valence-corrected chi connectivity index (χ4v) is 5.41. The first-order chi connectivity index (χ1) is 18.0. The van der Waals surface area contributed by atoms with Crippen molar-refractivity contribution in [1.29, 1.82) is 0 Å². The van der Waals surface area contributed by atoms with Gasteiger partial charge in [-0.05, 0) is 74.4 Å². The van der Waals surface area contributed by atoms with Crippen LogP contribution in [0.5, 0.6) is 0 Å². The Bertz CT molecular complexity index is 1200. The van der Waals surface area contributed by atoms with E-state index in [1.165, 1.54) is 0 Å². The van der Waals surface area contributed by atoms with Gasteiger partial charge in [-0.3, -0.25) is 14.4 Å². The van der Waals surface area contributed by atoms with Crippen molar-refractivity contribution in [1.82, 2.24) is 20.9 Å². The van der Waals surface area contributed by atoms with Crippen LogP contribution >= 0.6 is 0 Å². The van der Waals surface area contributed by atoms with Crippen molar-refractivity contribution in [2.45, 2.75) is 91.0 Å². The summed E-state index contributed by atoms with van der Waals surface area (Å²) in [6.45, 7) is 9.91. The Morgan fingerprint density at radius 2 is 1.89 bits per heavy atom. The normalized spacial score (nSPS) is 20.3. The van der Waals surface area contributed by atoms with E-state index in [1.807, 2.05) is 45.9 Å². The minimum atomic E-state index is -0.784. The SMILES string of the molecule is CN[C@@H](C)C(=O)N[C@H](C(=O)N1Cc2cc(C)ccc2C[C@H]1C(=O)N[C@@H]1CCCc2c#cccc21)C(C)(C)C. The van der Waals surface area contributed by atoms with Gasteiger partial charge in [0.2, 0.25) is 17.7 Å². The molecule has 7 heteroatoms. The van der Waals surface area contributed by atoms with Crippen LogP contribution in [0.3, 0.4) is 0 Å². The summed E-state index contributed by atoms with van der Waals surface area (Å²) in [6, 6.07) is 14.2. The second-order valence-corrected chi connectivity index (χ2v) is 11.8. The molecule has 0 saturated carbocycles. The fraction of sp³-hybridized carbons (Fsp3) is 0.516. The zero-order valence-electron chi connectivity index (χ0n) is 23.4. The lowest BCUT2D eigenvalue weighted by molar-refractivity contribution is -0.147. The highest BCUT2D eigenvalue weighted by atomic mass is 16.2. The average molecular weight is 517 g/mol. The third-order valence-corrected chi connectivity index (χ3v) is 7.83. The van der Waals surface area contributed by atoms with Crippen LogP contribution in [0.4, 0.5) is 0 Å². The predicted molar refractivity (Wildman–Crippen MR) is 147 cm³/mol. The van der Waals surface area contributed by atoms with E-state index in [0.29, 0.717) is 13.0 Å². The summed E-state index contributed by atoms with van der Waals surface area (Å²) >= 11 is 0. The summed E-state index contributed by atoms with van der Waals surface area (Å²) in [5.74, 6) is -0.659. The first kappa shape index (κ1) is 27.7. The first-order valence-electron chi connectivity index (χ1n) is 13.6. The molecule has 3 N–H and O–H groups in total. The van der Waals surface area contributed by atoms with Crippen LogP contribution in [0, 0.1) is 24.5 Å². The Balaban J connectivity index is 1.65. The van der Waals surface area contributed by atoms with E-state index in [0.717, 1.165) is 47.1 Å². The van der Waals surface area contributed by atoms with Gasteiger partial charge in [-0.2, -0.15) is 0 Å². The molecular weight excluding hydrogens is 476 g/mol. The van der Waals surface area contributed by atoms with Gasteiger partial charge >= 0.3 is 0 Å². The zero-order valence-corrected chi connectivity index (χ0v) is 23.4. The van der Waals surface area contributed by atoms with Gasteiger partial charge in [0, 0.05) is 18.5 Å². The number of nitrogens with zero attached hydrogens (tertiary/aromatic N) is 1. The number of carbonyl (C=O) groups excluding carboxylic acids is 3. The zero-order chi connectivity index (χ0) is 27.6. The largest absolute Gasteiger partial charge is 0.347 e. The molecule has 1 aliphatic carbocycles. The maximum Gasteiger partial charge on any atom is 0.246 e. The van der Waals surface area contributed by atoms with E-state index >= 15 is 0 Å². The maximum absolute atomic E-state index is 14.2. The van der Waals surface area contributed by atoms with Crippen molar-refractivity contribution in [3.63, 3.8) is 0 Å². The molecule has 0 fully saturated rings. The van der Waals surface area contributed by atoms with Gasteiger partial charge in [-0.25, -0.2) is 0 Å². The topological polar surface area (TPSA) is 90.5 Å². The van der Waals surface area contributed by atoms with Crippen molar-refractivity contribution >= 4 is 17.7 Å². The number of rotatable bonds is 6. The first-order valence-corrected chi connectivity index (χ1v) is 13.6. The van der Waals surface area contributed by atoms with Gasteiger partial charge < -0.3 is 20.9 Å². The predicted octanol–water partition coefficient (Wildman–Crippen LogP) is 3.18. The summed E-state index contributed by atoms with van der Waals surface area (Å²) in [5, 5.41) is 9.15. The molecule has 2 aromatic rings. The number of carbonyl (C=O) groups is 3. The van der Waals surface area contributed by atoms with Gasteiger partial charge in [0.1, 0.15) is 12.1 Å². The van der Waals surface area contributed by atoms with Crippen LogP contribution in [0.1, 0.15) is 74.4 Å². The van der Waals surface area contributed by atoms with Crippen LogP contribution in [-0.4, -0.2) is 47.8 Å². The number of amides is 3. The van der Waals surface area contributed by atoms with Crippen LogP contribution in [-0.2, 0) is 33.8 Å². The molecule has 4 atom stereocenters. The number of likely N-dealkylation sites (N-methyl/N-ethyl adjacent to an activating group) is 1. The average Bonchev–Trinajstić information content (AvgIpc) is 2.89. The molecular formula is C31H40N4O3. The Hall–Kier alpha value is -3.37. The summed E-state index contributed by atoms with van der Waals surface area (Å²) in [5.41, 5.74) is 4.84. The molecule has 38 heavy (non-hydrogen) atoms. The molecule has 7 nitrogen and oxygen atoms in total. The molecule has 3 amide bonds. The molecule has 0 saturated heterocycles. The number of hydrogen-bond donors (Lipinski definition) is 3. The summed E-state index contributed by atoms with van der Waals surface area (Å²) in [6.07, 6.45) is 3.16. The molecule has 0 spiro atoms. The third kappa shape index (κ3) is 5.86. The van der Waals surface area contributed by atoms with E-state index in [2.05, 4.69) is 40.2 Å². The molecule has 0 unspecified atom stereocenters. The molecule has 2 aliphatic rings. The van der Waals surface area contributed by atoms with E-state index in [4.69, 9.17) is 0 Å². The smallest absolute Gasteiger partial charge is 0.246 e. The number of benzene rings is 1. The maximum atomic E-state index is 14.2. The number of aryl methyl sites for hydroxylation is 1. The molecule has 1 aliphatic heterocycles. The molecule has 1 heterocycles. The lowest BCUT2D eigenvalue weighted by atomic mass is 9.83. The molecule has 0 bridgehead atoms. The van der Waals surface area contributed by atoms with Crippen molar-refractivity contribution in [3.8, 4) is 0 Å². The van der Waals surface area contributed by atoms with Gasteiger partial charge in [-0.15, -0.1) is 0 Å². The highest BCUT2D eigenvalue weighted by Crippen LogP contribution is 2.31. The lowest BCUT2D eigenvalue weighted by Gasteiger charge is -2.41. The fourth-order valence-electron chi connectivity index (χ4n) is 5.41. The van der Waals surface area contributed by atoms with E-state index in [-0.39, 0.29) is 23.8 Å². The Labute approximate surface area is 226 Å². The van der Waals surface area contributed by atoms with Crippen molar-refractivity contribution in [3.05, 3.63) is 70.3 Å². The van der Waals surface area contributed by atoms with Crippen molar-refractivity contribution in [2.75, 3.05) is 7.05 Å². The quantitative estimate of drug-likeness (QED) is 0.550. The summed E-state index contributed by atoms with van der Waals surface area (Å²) in [4.78, 5) is 42.6. The van der Waals surface area contributed by atoms with E-state index in [9.17, 15) is 14.4 Å². The van der Waals surface area contributed by atoms with Gasteiger partial charge in [0.25, 0.3) is 0 Å². The highest BCUT2D eigenvalue weighted by Gasteiger charge is 2.42. The van der Waals surface area contributed by atoms with Crippen LogP contribution < -0.4 is 16.0 Å². The van der Waals surface area contributed by atoms with Gasteiger partial charge in [-0.1, -0.05) is 56.7 Å². The summed E-state index contributed by atoms with van der Waals surface area (Å²) in [7, 11) is 1.71. The Morgan fingerprint density at radius 3 is 2.61 bits per heavy atom. The Morgan fingerprint density at radius 1 is 1.13 bits per heavy atom. The molecule has 0 aromatic heterocycles. The van der Waals surface area contributed by atoms with Gasteiger partial charge in [0.15, 0.2) is 0 Å². The minimum Gasteiger partial charge on any atom is -0.347 e. The highest BCUT2D eigenvalue weighted by molar-refractivity contribution is 5.94. The van der Waals surface area contributed by atoms with Gasteiger partial charge in [0.05, 0.1) is 12.1 Å². The molecule has 2 aromatic carbocycles. The Kier molecular flexibility index (Phi) is 8.13. The standard InChI is InChI=1S/C31H40N4O3/c1-19-14-15-22-17-26(29(37)33-25-13-9-11-21-10-7-8-12-24(21)25)35(18-23(22)16-19)30(38)27(31(3,4)5)34-28(36)20(2)32-6/h8,12,14-16,20,25-27,32H,9,11,13,17-18H2,1-6H3,(H,33,37)(H,34,36)/t20-,25+,26-,27+/m0/s1. The van der Waals surface area contributed by atoms with Crippen LogP contribution in [0.25, 0.3) is 0 Å². The second kappa shape index (κ2) is 11.2. The van der Waals surface area contributed by atoms with E-state index < -0.39 is 23.5 Å². The van der Waals surface area contributed by atoms with Crippen molar-refractivity contribution < 1.29 is 14.4 Å². The third-order valence-electron chi connectivity index (χ3n) is 7.83. The summed E-state index contributed by atoms with van der Waals surface area (Å²) < 4.78 is 0. The van der Waals surface area contributed by atoms with Crippen LogP contribution in [0.15, 0.2) is 30.3 Å². The van der Waals surface area contributed by atoms with Crippen LogP contribution in [0.2, 0.25) is 0 Å². The number of fused-ring (bicyclic) bond motifs is 2. The molecule has 202 valence electrons. The molecule has 4 rings (SSSR count). The monoisotopic (exact) mass is 516 g/mol. The second-order valence-electron chi connectivity index (χ2n) is 11.8. The molecule has 0 radical (unpaired) electrons. The minimum absolute atomic E-state index is 0.122. The van der Waals surface area contributed by atoms with Crippen molar-refractivity contribution in [2.24, 2.45) is 5.41 Å². The number of nitrogens with one attached hydrogen (secondary N) is 3. The van der Waals surface area contributed by atoms with E-state index in [1.54, 1.807) is 18.9 Å². The lowest BCUT2D eigenvalue weighted by Crippen LogP contribution is -2.62.